The highest BCUT2D eigenvalue weighted by molar-refractivity contribution is 5.46. The van der Waals surface area contributed by atoms with Crippen molar-refractivity contribution in [1.29, 1.82) is 0 Å². The molecule has 0 atom stereocenters. The van der Waals surface area contributed by atoms with Gasteiger partial charge in [-0.1, -0.05) is 56.3 Å². The fourth-order valence-corrected chi connectivity index (χ4v) is 2.48. The molecule has 3 nitrogen and oxygen atoms in total. The van der Waals surface area contributed by atoms with Crippen molar-refractivity contribution >= 4 is 0 Å². The van der Waals surface area contributed by atoms with Gasteiger partial charge in [-0.2, -0.15) is 0 Å². The summed E-state index contributed by atoms with van der Waals surface area (Å²) in [5.74, 6) is 2.37. The predicted molar refractivity (Wildman–Crippen MR) is 99.5 cm³/mol. The first-order valence-electron chi connectivity index (χ1n) is 8.82. The Morgan fingerprint density at radius 1 is 0.958 bits per heavy atom. The molecular weight excluding hydrogens is 298 g/mol. The monoisotopic (exact) mass is 327 g/mol. The van der Waals surface area contributed by atoms with E-state index in [1.54, 1.807) is 0 Å². The summed E-state index contributed by atoms with van der Waals surface area (Å²) in [4.78, 5) is 0. The Bertz CT molecular complexity index is 596. The van der Waals surface area contributed by atoms with Crippen molar-refractivity contribution in [2.24, 2.45) is 5.92 Å². The summed E-state index contributed by atoms with van der Waals surface area (Å²) in [5, 5.41) is 3.51. The molecule has 0 bridgehead atoms. The first-order valence-corrected chi connectivity index (χ1v) is 8.82. The van der Waals surface area contributed by atoms with Gasteiger partial charge in [-0.3, -0.25) is 0 Å². The molecule has 24 heavy (non-hydrogen) atoms. The lowest BCUT2D eigenvalue weighted by Crippen LogP contribution is -2.17. The molecule has 0 fully saturated rings. The molecular formula is C21H29NO2. The van der Waals surface area contributed by atoms with Crippen LogP contribution in [0, 0.1) is 5.92 Å². The Kier molecular flexibility index (Phi) is 7.63. The molecule has 0 saturated heterocycles. The molecule has 0 aliphatic carbocycles. The molecule has 2 aromatic carbocycles. The Balaban J connectivity index is 2.06. The van der Waals surface area contributed by atoms with E-state index in [9.17, 15) is 0 Å². The average Bonchev–Trinajstić information content (AvgIpc) is 2.59. The summed E-state index contributed by atoms with van der Waals surface area (Å²) in [6, 6.07) is 16.3. The summed E-state index contributed by atoms with van der Waals surface area (Å²) in [6.07, 6.45) is 1.17. The van der Waals surface area contributed by atoms with E-state index < -0.39 is 0 Å². The molecule has 0 aromatic heterocycles. The van der Waals surface area contributed by atoms with Crippen LogP contribution < -0.4 is 14.8 Å². The Morgan fingerprint density at radius 3 is 2.46 bits per heavy atom. The third kappa shape index (κ3) is 5.89. The van der Waals surface area contributed by atoms with Crippen LogP contribution in [0.15, 0.2) is 48.5 Å². The summed E-state index contributed by atoms with van der Waals surface area (Å²) in [5.41, 5.74) is 2.29. The molecule has 0 radical (unpaired) electrons. The molecule has 2 rings (SSSR count). The van der Waals surface area contributed by atoms with Gasteiger partial charge in [0.15, 0.2) is 11.5 Å². The van der Waals surface area contributed by atoms with Crippen molar-refractivity contribution < 1.29 is 9.47 Å². The van der Waals surface area contributed by atoms with Crippen LogP contribution in [-0.2, 0) is 13.2 Å². The molecule has 2 aromatic rings. The zero-order valence-corrected chi connectivity index (χ0v) is 15.0. The highest BCUT2D eigenvalue weighted by Crippen LogP contribution is 2.32. The molecule has 1 N–H and O–H groups in total. The van der Waals surface area contributed by atoms with Gasteiger partial charge in [-0.25, -0.2) is 0 Å². The maximum Gasteiger partial charge on any atom is 0.166 e. The van der Waals surface area contributed by atoms with Gasteiger partial charge in [0.1, 0.15) is 6.61 Å². The predicted octanol–water partition coefficient (Wildman–Crippen LogP) is 4.80. The van der Waals surface area contributed by atoms with Crippen molar-refractivity contribution in [2.75, 3.05) is 13.2 Å². The van der Waals surface area contributed by atoms with Crippen molar-refractivity contribution in [1.82, 2.24) is 5.32 Å². The van der Waals surface area contributed by atoms with Crippen LogP contribution in [0.4, 0.5) is 0 Å². The number of hydrogen-bond donors (Lipinski definition) is 1. The number of para-hydroxylation sites is 1. The lowest BCUT2D eigenvalue weighted by molar-refractivity contribution is 0.266. The molecule has 3 heteroatoms. The van der Waals surface area contributed by atoms with Crippen LogP contribution in [-0.4, -0.2) is 13.2 Å². The Labute approximate surface area is 146 Å². The zero-order valence-electron chi connectivity index (χ0n) is 15.0. The minimum atomic E-state index is 0.546. The standard InChI is InChI=1S/C21H29NO2/c1-4-23-20-12-8-11-19(15-22-14-13-17(2)3)21(20)24-16-18-9-6-5-7-10-18/h5-12,17,22H,4,13-16H2,1-3H3. The van der Waals surface area contributed by atoms with Gasteiger partial charge >= 0.3 is 0 Å². The van der Waals surface area contributed by atoms with Crippen molar-refractivity contribution in [3.05, 3.63) is 59.7 Å². The van der Waals surface area contributed by atoms with Crippen molar-refractivity contribution in [3.8, 4) is 11.5 Å². The van der Waals surface area contributed by atoms with E-state index in [4.69, 9.17) is 9.47 Å². The average molecular weight is 327 g/mol. The van der Waals surface area contributed by atoms with Crippen LogP contribution in [0.1, 0.15) is 38.3 Å². The van der Waals surface area contributed by atoms with Gasteiger partial charge in [0.05, 0.1) is 6.61 Å². The lowest BCUT2D eigenvalue weighted by atomic mass is 10.1. The second kappa shape index (κ2) is 9.99. The van der Waals surface area contributed by atoms with Gasteiger partial charge in [0, 0.05) is 12.1 Å². The molecule has 130 valence electrons. The number of hydrogen-bond acceptors (Lipinski definition) is 3. The largest absolute Gasteiger partial charge is 0.490 e. The second-order valence-corrected chi connectivity index (χ2v) is 6.31. The Morgan fingerprint density at radius 2 is 1.75 bits per heavy atom. The van der Waals surface area contributed by atoms with E-state index in [2.05, 4.69) is 37.4 Å². The number of benzene rings is 2. The molecule has 0 saturated carbocycles. The van der Waals surface area contributed by atoms with Crippen LogP contribution in [0.25, 0.3) is 0 Å². The summed E-state index contributed by atoms with van der Waals surface area (Å²) in [6.45, 7) is 9.45. The van der Waals surface area contributed by atoms with Gasteiger partial charge in [-0.15, -0.1) is 0 Å². The molecule has 0 heterocycles. The maximum absolute atomic E-state index is 6.12. The van der Waals surface area contributed by atoms with Crippen molar-refractivity contribution in [2.45, 2.75) is 40.3 Å². The minimum Gasteiger partial charge on any atom is -0.490 e. The quantitative estimate of drug-likeness (QED) is 0.636. The van der Waals surface area contributed by atoms with Crippen LogP contribution >= 0.6 is 0 Å². The third-order valence-corrected chi connectivity index (χ3v) is 3.80. The lowest BCUT2D eigenvalue weighted by Gasteiger charge is -2.17. The molecule has 0 unspecified atom stereocenters. The second-order valence-electron chi connectivity index (χ2n) is 6.31. The number of ether oxygens (including phenoxy) is 2. The van der Waals surface area contributed by atoms with E-state index in [-0.39, 0.29) is 0 Å². The first kappa shape index (κ1) is 18.3. The third-order valence-electron chi connectivity index (χ3n) is 3.80. The summed E-state index contributed by atoms with van der Waals surface area (Å²) < 4.78 is 11.9. The molecule has 0 aliphatic rings. The van der Waals surface area contributed by atoms with Gasteiger partial charge in [0.2, 0.25) is 0 Å². The van der Waals surface area contributed by atoms with Gasteiger partial charge in [0.25, 0.3) is 0 Å². The van der Waals surface area contributed by atoms with Crippen LogP contribution in [0.5, 0.6) is 11.5 Å². The van der Waals surface area contributed by atoms with Crippen LogP contribution in [0.3, 0.4) is 0 Å². The summed E-state index contributed by atoms with van der Waals surface area (Å²) >= 11 is 0. The fourth-order valence-electron chi connectivity index (χ4n) is 2.48. The van der Waals surface area contributed by atoms with E-state index in [1.807, 2.05) is 37.3 Å². The normalized spacial score (nSPS) is 10.8. The topological polar surface area (TPSA) is 30.5 Å². The smallest absolute Gasteiger partial charge is 0.166 e. The SMILES string of the molecule is CCOc1cccc(CNCCC(C)C)c1OCc1ccccc1. The van der Waals surface area contributed by atoms with E-state index in [0.717, 1.165) is 35.7 Å². The van der Waals surface area contributed by atoms with E-state index in [0.29, 0.717) is 19.1 Å². The van der Waals surface area contributed by atoms with Crippen molar-refractivity contribution in [3.63, 3.8) is 0 Å². The highest BCUT2D eigenvalue weighted by Gasteiger charge is 2.11. The number of nitrogens with one attached hydrogen (secondary N) is 1. The minimum absolute atomic E-state index is 0.546. The molecule has 0 amide bonds. The van der Waals surface area contributed by atoms with Crippen LogP contribution in [0.2, 0.25) is 0 Å². The Hall–Kier alpha value is -2.00. The van der Waals surface area contributed by atoms with E-state index >= 15 is 0 Å². The highest BCUT2D eigenvalue weighted by atomic mass is 16.5. The van der Waals surface area contributed by atoms with Gasteiger partial charge in [-0.05, 0) is 37.4 Å². The first-order chi connectivity index (χ1) is 11.7. The number of rotatable bonds is 10. The fraction of sp³-hybridized carbons (Fsp3) is 0.429. The molecule has 0 spiro atoms. The van der Waals surface area contributed by atoms with E-state index in [1.165, 1.54) is 6.42 Å². The molecule has 0 aliphatic heterocycles. The zero-order chi connectivity index (χ0) is 17.2. The van der Waals surface area contributed by atoms with Gasteiger partial charge < -0.3 is 14.8 Å². The maximum atomic E-state index is 6.12. The summed E-state index contributed by atoms with van der Waals surface area (Å²) in [7, 11) is 0.